The van der Waals surface area contributed by atoms with E-state index in [0.29, 0.717) is 4.17 Å². The van der Waals surface area contributed by atoms with Crippen molar-refractivity contribution in [1.29, 1.82) is 0 Å². The van der Waals surface area contributed by atoms with Gasteiger partial charge in [0.2, 0.25) is 0 Å². The largest absolute Gasteiger partial charge is 0.402 e. The molecule has 0 radical (unpaired) electrons. The summed E-state index contributed by atoms with van der Waals surface area (Å²) in [7, 11) is 2.07. The van der Waals surface area contributed by atoms with Gasteiger partial charge >= 0.3 is 0 Å². The summed E-state index contributed by atoms with van der Waals surface area (Å²) in [4.78, 5) is 2.20. The Morgan fingerprint density at radius 2 is 2.08 bits per heavy atom. The van der Waals surface area contributed by atoms with Crippen molar-refractivity contribution in [3.05, 3.63) is 22.7 Å². The molecule has 0 aromatic carbocycles. The van der Waals surface area contributed by atoms with Crippen molar-refractivity contribution in [1.82, 2.24) is 10.2 Å². The van der Waals surface area contributed by atoms with E-state index in [1.165, 1.54) is 11.4 Å². The molecule has 0 aromatic rings. The minimum atomic E-state index is 0.335. The van der Waals surface area contributed by atoms with Gasteiger partial charge in [0.15, 0.2) is 4.17 Å². The highest BCUT2D eigenvalue weighted by Gasteiger charge is 2.24. The second-order valence-corrected chi connectivity index (χ2v) is 4.54. The first-order valence-electron chi connectivity index (χ1n) is 4.22. The smallest absolute Gasteiger partial charge is 0.152 e. The second kappa shape index (κ2) is 3.77. The summed E-state index contributed by atoms with van der Waals surface area (Å²) in [5.41, 5.74) is 10.2. The van der Waals surface area contributed by atoms with Gasteiger partial charge in [0.25, 0.3) is 0 Å². The molecule has 0 amide bonds. The van der Waals surface area contributed by atoms with Crippen LogP contribution in [0.4, 0.5) is 0 Å². The number of nitrogens with zero attached hydrogens (tertiary/aromatic N) is 1. The van der Waals surface area contributed by atoms with Gasteiger partial charge in [-0.2, -0.15) is 0 Å². The highest BCUT2D eigenvalue weighted by molar-refractivity contribution is 14.1. The van der Waals surface area contributed by atoms with Crippen LogP contribution >= 0.6 is 22.6 Å². The third-order valence-corrected chi connectivity index (χ3v) is 3.61. The molecule has 74 valence electrons. The predicted molar refractivity (Wildman–Crippen MR) is 64.0 cm³/mol. The third kappa shape index (κ3) is 1.92. The van der Waals surface area contributed by atoms with Crippen molar-refractivity contribution in [2.75, 3.05) is 7.05 Å². The van der Waals surface area contributed by atoms with E-state index in [9.17, 15) is 0 Å². The molecule has 0 spiro atoms. The van der Waals surface area contributed by atoms with Gasteiger partial charge in [-0.3, -0.25) is 0 Å². The Hall–Kier alpha value is -0.390. The summed E-state index contributed by atoms with van der Waals surface area (Å²) < 4.78 is 0.335. The topological polar surface area (TPSA) is 41.3 Å². The molecule has 1 unspecified atom stereocenters. The molecule has 13 heavy (non-hydrogen) atoms. The third-order valence-electron chi connectivity index (χ3n) is 2.46. The van der Waals surface area contributed by atoms with Gasteiger partial charge in [-0.25, -0.2) is 0 Å². The van der Waals surface area contributed by atoms with Crippen LogP contribution in [0.25, 0.3) is 0 Å². The number of halogens is 1. The zero-order chi connectivity index (χ0) is 10.2. The molecule has 3 N–H and O–H groups in total. The minimum Gasteiger partial charge on any atom is -0.402 e. The van der Waals surface area contributed by atoms with Gasteiger partial charge in [0.1, 0.15) is 0 Å². The van der Waals surface area contributed by atoms with Crippen LogP contribution in [0.5, 0.6) is 0 Å². The van der Waals surface area contributed by atoms with Gasteiger partial charge in [-0.1, -0.05) is 0 Å². The molecule has 0 bridgehead atoms. The monoisotopic (exact) mass is 293 g/mol. The van der Waals surface area contributed by atoms with Crippen LogP contribution in [0.15, 0.2) is 22.7 Å². The highest BCUT2D eigenvalue weighted by Crippen LogP contribution is 2.26. The number of hydrogen-bond donors (Lipinski definition) is 2. The molecule has 0 aliphatic carbocycles. The Kier molecular flexibility index (Phi) is 3.10. The van der Waals surface area contributed by atoms with Crippen LogP contribution < -0.4 is 11.1 Å². The number of rotatable bonds is 1. The van der Waals surface area contributed by atoms with Crippen LogP contribution in [0, 0.1) is 0 Å². The molecule has 1 heterocycles. The standard InChI is InChI=1S/C9H16IN3/c1-5(6(2)11)8-7(3)13(4)9(10)12-8/h9,12H,11H2,1-4H3/b6-5-. The first kappa shape index (κ1) is 10.7. The first-order valence-corrected chi connectivity index (χ1v) is 5.47. The zero-order valence-electron chi connectivity index (χ0n) is 8.48. The zero-order valence-corrected chi connectivity index (χ0v) is 10.6. The van der Waals surface area contributed by atoms with Crippen molar-refractivity contribution in [3.63, 3.8) is 0 Å². The van der Waals surface area contributed by atoms with E-state index in [-0.39, 0.29) is 0 Å². The summed E-state index contributed by atoms with van der Waals surface area (Å²) in [6.45, 7) is 6.08. The molecule has 1 rings (SSSR count). The van der Waals surface area contributed by atoms with Crippen LogP contribution in [0.3, 0.4) is 0 Å². The number of alkyl halides is 1. The highest BCUT2D eigenvalue weighted by atomic mass is 127. The predicted octanol–water partition coefficient (Wildman–Crippen LogP) is 1.72. The summed E-state index contributed by atoms with van der Waals surface area (Å²) in [6.07, 6.45) is 0. The van der Waals surface area contributed by atoms with Gasteiger partial charge in [-0.15, -0.1) is 0 Å². The lowest BCUT2D eigenvalue weighted by Gasteiger charge is -2.16. The van der Waals surface area contributed by atoms with Gasteiger partial charge < -0.3 is 16.0 Å². The van der Waals surface area contributed by atoms with Crippen molar-refractivity contribution in [2.24, 2.45) is 5.73 Å². The van der Waals surface area contributed by atoms with E-state index in [1.54, 1.807) is 0 Å². The van der Waals surface area contributed by atoms with Gasteiger partial charge in [0, 0.05) is 18.4 Å². The van der Waals surface area contributed by atoms with E-state index in [2.05, 4.69) is 46.8 Å². The summed E-state index contributed by atoms with van der Waals surface area (Å²) in [6, 6.07) is 0. The Labute approximate surface area is 93.2 Å². The van der Waals surface area contributed by atoms with E-state index in [4.69, 9.17) is 5.73 Å². The first-order chi connectivity index (χ1) is 5.95. The minimum absolute atomic E-state index is 0.335. The summed E-state index contributed by atoms with van der Waals surface area (Å²) in [5, 5.41) is 3.39. The lowest BCUT2D eigenvalue weighted by atomic mass is 10.1. The molecule has 1 aliphatic heterocycles. The molecule has 1 atom stereocenters. The van der Waals surface area contributed by atoms with Crippen molar-refractivity contribution >= 4 is 22.6 Å². The molecule has 1 aliphatic rings. The fourth-order valence-electron chi connectivity index (χ4n) is 1.24. The molecule has 0 saturated heterocycles. The Morgan fingerprint density at radius 3 is 2.38 bits per heavy atom. The van der Waals surface area contributed by atoms with Gasteiger partial charge in [-0.05, 0) is 48.9 Å². The second-order valence-electron chi connectivity index (χ2n) is 3.36. The maximum absolute atomic E-state index is 5.75. The van der Waals surface area contributed by atoms with Crippen LogP contribution in [0.2, 0.25) is 0 Å². The molecule has 3 nitrogen and oxygen atoms in total. The van der Waals surface area contributed by atoms with Crippen molar-refractivity contribution < 1.29 is 0 Å². The van der Waals surface area contributed by atoms with E-state index in [1.807, 2.05) is 13.8 Å². The normalized spacial score (nSPS) is 24.7. The summed E-state index contributed by atoms with van der Waals surface area (Å²) >= 11 is 2.35. The Bertz CT molecular complexity index is 277. The quantitative estimate of drug-likeness (QED) is 0.439. The average Bonchev–Trinajstić information content (AvgIpc) is 2.31. The van der Waals surface area contributed by atoms with Crippen molar-refractivity contribution in [3.8, 4) is 0 Å². The Morgan fingerprint density at radius 1 is 1.54 bits per heavy atom. The number of hydrogen-bond acceptors (Lipinski definition) is 3. The number of nitrogens with two attached hydrogens (primary N) is 1. The lowest BCUT2D eigenvalue weighted by Crippen LogP contribution is -2.28. The van der Waals surface area contributed by atoms with Crippen LogP contribution in [0.1, 0.15) is 20.8 Å². The SMILES string of the molecule is CC1=C(/C(C)=C(/C)N)NC(I)N1C. The van der Waals surface area contributed by atoms with Crippen LogP contribution in [-0.2, 0) is 0 Å². The fourth-order valence-corrected chi connectivity index (χ4v) is 1.97. The summed E-state index contributed by atoms with van der Waals surface area (Å²) in [5.74, 6) is 0. The average molecular weight is 293 g/mol. The van der Waals surface area contributed by atoms with Crippen LogP contribution in [-0.4, -0.2) is 16.1 Å². The van der Waals surface area contributed by atoms with E-state index >= 15 is 0 Å². The van der Waals surface area contributed by atoms with Crippen molar-refractivity contribution in [2.45, 2.75) is 24.9 Å². The maximum Gasteiger partial charge on any atom is 0.152 e. The molecular formula is C9H16IN3. The number of allylic oxidation sites excluding steroid dienone is 3. The molecule has 0 fully saturated rings. The maximum atomic E-state index is 5.75. The molecular weight excluding hydrogens is 277 g/mol. The van der Waals surface area contributed by atoms with E-state index < -0.39 is 0 Å². The molecule has 0 saturated carbocycles. The lowest BCUT2D eigenvalue weighted by molar-refractivity contribution is 0.423. The van der Waals surface area contributed by atoms with E-state index in [0.717, 1.165) is 11.3 Å². The molecule has 0 aromatic heterocycles. The number of nitrogens with one attached hydrogen (secondary N) is 1. The molecule has 4 heteroatoms. The Balaban J connectivity index is 3.01. The van der Waals surface area contributed by atoms with Gasteiger partial charge in [0.05, 0.1) is 5.70 Å². The fraction of sp³-hybridized carbons (Fsp3) is 0.556.